The highest BCUT2D eigenvalue weighted by Gasteiger charge is 2.21. The van der Waals surface area contributed by atoms with E-state index in [0.717, 1.165) is 18.2 Å². The highest BCUT2D eigenvalue weighted by Crippen LogP contribution is 2.25. The molecule has 25 heavy (non-hydrogen) atoms. The van der Waals surface area contributed by atoms with Gasteiger partial charge in [-0.2, -0.15) is 0 Å². The Morgan fingerprint density at radius 3 is 2.36 bits per heavy atom. The molecule has 3 aromatic rings. The summed E-state index contributed by atoms with van der Waals surface area (Å²) in [5, 5.41) is 16.8. The molecule has 1 aromatic heterocycles. The zero-order chi connectivity index (χ0) is 18.0. The van der Waals surface area contributed by atoms with Crippen molar-refractivity contribution in [3.8, 4) is 17.0 Å². The zero-order valence-electron chi connectivity index (χ0n) is 13.1. The number of halogens is 2. The summed E-state index contributed by atoms with van der Waals surface area (Å²) in [6.45, 7) is -0.0314. The van der Waals surface area contributed by atoms with E-state index in [0.29, 0.717) is 16.9 Å². The molecule has 8 heteroatoms. The van der Waals surface area contributed by atoms with Crippen LogP contribution in [0, 0.1) is 11.6 Å². The first kappa shape index (κ1) is 16.6. The molecular formula is C17H13F2N3O3. The van der Waals surface area contributed by atoms with Crippen LogP contribution in [0.3, 0.4) is 0 Å². The number of benzene rings is 2. The molecule has 0 spiro atoms. The second-order valence-corrected chi connectivity index (χ2v) is 5.26. The molecule has 0 aliphatic carbocycles. The second-order valence-electron chi connectivity index (χ2n) is 5.26. The molecule has 0 amide bonds. The van der Waals surface area contributed by atoms with Gasteiger partial charge in [-0.3, -0.25) is 0 Å². The number of ether oxygens (including phenoxy) is 1. The number of aromatic carboxylic acids is 1. The van der Waals surface area contributed by atoms with Gasteiger partial charge in [-0.05, 0) is 42.0 Å². The fourth-order valence-electron chi connectivity index (χ4n) is 2.48. The molecule has 0 fully saturated rings. The molecule has 0 radical (unpaired) electrons. The van der Waals surface area contributed by atoms with Crippen molar-refractivity contribution in [2.45, 2.75) is 6.54 Å². The lowest BCUT2D eigenvalue weighted by molar-refractivity contribution is 0.0691. The monoisotopic (exact) mass is 345 g/mol. The largest absolute Gasteiger partial charge is 0.497 e. The molecular weight excluding hydrogens is 332 g/mol. The first-order chi connectivity index (χ1) is 12.0. The van der Waals surface area contributed by atoms with Crippen molar-refractivity contribution in [3.05, 3.63) is 65.4 Å². The number of carboxylic acids is 1. The Labute approximate surface area is 141 Å². The topological polar surface area (TPSA) is 77.2 Å². The van der Waals surface area contributed by atoms with Crippen molar-refractivity contribution in [2.24, 2.45) is 0 Å². The van der Waals surface area contributed by atoms with Gasteiger partial charge in [0.1, 0.15) is 23.1 Å². The minimum Gasteiger partial charge on any atom is -0.497 e. The molecule has 0 saturated carbocycles. The highest BCUT2D eigenvalue weighted by atomic mass is 19.1. The van der Waals surface area contributed by atoms with Gasteiger partial charge < -0.3 is 9.84 Å². The average molecular weight is 345 g/mol. The van der Waals surface area contributed by atoms with Gasteiger partial charge in [-0.25, -0.2) is 18.3 Å². The maximum Gasteiger partial charge on any atom is 0.358 e. The molecule has 0 atom stereocenters. The number of rotatable bonds is 5. The molecule has 128 valence electrons. The highest BCUT2D eigenvalue weighted by molar-refractivity contribution is 5.92. The van der Waals surface area contributed by atoms with Gasteiger partial charge in [0, 0.05) is 11.6 Å². The summed E-state index contributed by atoms with van der Waals surface area (Å²) >= 11 is 0. The lowest BCUT2D eigenvalue weighted by atomic mass is 10.1. The van der Waals surface area contributed by atoms with Crippen LogP contribution in [0.5, 0.6) is 5.75 Å². The van der Waals surface area contributed by atoms with Crippen molar-refractivity contribution in [1.29, 1.82) is 0 Å². The van der Waals surface area contributed by atoms with E-state index in [4.69, 9.17) is 4.74 Å². The summed E-state index contributed by atoms with van der Waals surface area (Å²) < 4.78 is 33.1. The quantitative estimate of drug-likeness (QED) is 0.769. The molecule has 2 aromatic carbocycles. The Hall–Kier alpha value is -3.29. The molecule has 1 N–H and O–H groups in total. The number of carboxylic acid groups (broad SMARTS) is 1. The Morgan fingerprint density at radius 1 is 1.16 bits per heavy atom. The van der Waals surface area contributed by atoms with Crippen LogP contribution < -0.4 is 4.74 Å². The minimum atomic E-state index is -1.25. The molecule has 1 heterocycles. The Kier molecular flexibility index (Phi) is 4.42. The maximum absolute atomic E-state index is 13.4. The van der Waals surface area contributed by atoms with Gasteiger partial charge in [-0.15, -0.1) is 5.10 Å². The van der Waals surface area contributed by atoms with Crippen LogP contribution in [0.2, 0.25) is 0 Å². The van der Waals surface area contributed by atoms with Crippen molar-refractivity contribution < 1.29 is 23.4 Å². The SMILES string of the molecule is COc1ccc(-c2c(C(=O)O)nnn2Cc2cc(F)cc(F)c2)cc1. The van der Waals surface area contributed by atoms with Crippen LogP contribution in [0.15, 0.2) is 42.5 Å². The summed E-state index contributed by atoms with van der Waals surface area (Å²) in [5.74, 6) is -2.09. The van der Waals surface area contributed by atoms with E-state index in [9.17, 15) is 18.7 Å². The third-order valence-electron chi connectivity index (χ3n) is 3.56. The third-order valence-corrected chi connectivity index (χ3v) is 3.56. The summed E-state index contributed by atoms with van der Waals surface area (Å²) in [5.41, 5.74) is 0.830. The Balaban J connectivity index is 2.06. The van der Waals surface area contributed by atoms with Gasteiger partial charge in [0.15, 0.2) is 5.69 Å². The second kappa shape index (κ2) is 6.68. The van der Waals surface area contributed by atoms with Crippen molar-refractivity contribution >= 4 is 5.97 Å². The summed E-state index contributed by atoms with van der Waals surface area (Å²) in [4.78, 5) is 11.4. The fraction of sp³-hybridized carbons (Fsp3) is 0.118. The number of nitrogens with zero attached hydrogens (tertiary/aromatic N) is 3. The van der Waals surface area contributed by atoms with E-state index >= 15 is 0 Å². The zero-order valence-corrected chi connectivity index (χ0v) is 13.1. The van der Waals surface area contributed by atoms with E-state index in [1.54, 1.807) is 24.3 Å². The van der Waals surface area contributed by atoms with Crippen LogP contribution in [0.25, 0.3) is 11.3 Å². The van der Waals surface area contributed by atoms with Gasteiger partial charge in [0.25, 0.3) is 0 Å². The lowest BCUT2D eigenvalue weighted by Gasteiger charge is -2.09. The number of methoxy groups -OCH3 is 1. The number of aromatic nitrogens is 3. The van der Waals surface area contributed by atoms with E-state index in [2.05, 4.69) is 10.3 Å². The Morgan fingerprint density at radius 2 is 1.80 bits per heavy atom. The molecule has 0 bridgehead atoms. The summed E-state index contributed by atoms with van der Waals surface area (Å²) in [7, 11) is 1.52. The lowest BCUT2D eigenvalue weighted by Crippen LogP contribution is -2.06. The van der Waals surface area contributed by atoms with Crippen LogP contribution in [-0.4, -0.2) is 33.2 Å². The van der Waals surface area contributed by atoms with Gasteiger partial charge in [-0.1, -0.05) is 5.21 Å². The first-order valence-corrected chi connectivity index (χ1v) is 7.24. The van der Waals surface area contributed by atoms with Crippen molar-refractivity contribution in [3.63, 3.8) is 0 Å². The normalized spacial score (nSPS) is 10.7. The maximum atomic E-state index is 13.4. The van der Waals surface area contributed by atoms with Crippen LogP contribution in [0.4, 0.5) is 8.78 Å². The summed E-state index contributed by atoms with van der Waals surface area (Å²) in [6.07, 6.45) is 0. The van der Waals surface area contributed by atoms with Crippen molar-refractivity contribution in [1.82, 2.24) is 15.0 Å². The fourth-order valence-corrected chi connectivity index (χ4v) is 2.48. The molecule has 6 nitrogen and oxygen atoms in total. The molecule has 0 aliphatic rings. The predicted molar refractivity (Wildman–Crippen MR) is 84.4 cm³/mol. The van der Waals surface area contributed by atoms with Crippen LogP contribution in [-0.2, 0) is 6.54 Å². The number of hydrogen-bond acceptors (Lipinski definition) is 4. The molecule has 0 saturated heterocycles. The average Bonchev–Trinajstić information content (AvgIpc) is 2.97. The standard InChI is InChI=1S/C17H13F2N3O3/c1-25-14-4-2-11(3-5-14)16-15(17(23)24)20-21-22(16)9-10-6-12(18)8-13(19)7-10/h2-8H,9H2,1H3,(H,23,24). The first-order valence-electron chi connectivity index (χ1n) is 7.24. The smallest absolute Gasteiger partial charge is 0.358 e. The van der Waals surface area contributed by atoms with Crippen molar-refractivity contribution in [2.75, 3.05) is 7.11 Å². The van der Waals surface area contributed by atoms with Gasteiger partial charge in [0.05, 0.1) is 13.7 Å². The Bertz CT molecular complexity index is 903. The van der Waals surface area contributed by atoms with E-state index in [-0.39, 0.29) is 17.9 Å². The van der Waals surface area contributed by atoms with Crippen LogP contribution >= 0.6 is 0 Å². The van der Waals surface area contributed by atoms with Crippen LogP contribution in [0.1, 0.15) is 16.1 Å². The van der Waals surface area contributed by atoms with Gasteiger partial charge in [0.2, 0.25) is 0 Å². The number of hydrogen-bond donors (Lipinski definition) is 1. The molecule has 0 unspecified atom stereocenters. The van der Waals surface area contributed by atoms with Gasteiger partial charge >= 0.3 is 5.97 Å². The summed E-state index contributed by atoms with van der Waals surface area (Å²) in [6, 6.07) is 9.73. The van der Waals surface area contributed by atoms with E-state index in [1.165, 1.54) is 11.8 Å². The minimum absolute atomic E-state index is 0.0314. The third kappa shape index (κ3) is 3.47. The number of carbonyl (C=O) groups is 1. The predicted octanol–water partition coefficient (Wildman–Crippen LogP) is 2.98. The van der Waals surface area contributed by atoms with E-state index in [1.807, 2.05) is 0 Å². The molecule has 3 rings (SSSR count). The molecule has 0 aliphatic heterocycles. The van der Waals surface area contributed by atoms with E-state index < -0.39 is 17.6 Å².